The van der Waals surface area contributed by atoms with Gasteiger partial charge < -0.3 is 25.1 Å². The molecular formula is C30H31N3O7S. The molecule has 4 aromatic rings. The number of hydrogen-bond donors (Lipinski definition) is 3. The first-order chi connectivity index (χ1) is 19.5. The monoisotopic (exact) mass is 577 g/mol. The van der Waals surface area contributed by atoms with Crippen molar-refractivity contribution >= 4 is 39.3 Å². The Kier molecular flexibility index (Phi) is 9.08. The van der Waals surface area contributed by atoms with Crippen LogP contribution in [0.1, 0.15) is 37.5 Å². The van der Waals surface area contributed by atoms with Crippen molar-refractivity contribution in [1.82, 2.24) is 9.88 Å². The summed E-state index contributed by atoms with van der Waals surface area (Å²) in [6.07, 6.45) is -0.726. The van der Waals surface area contributed by atoms with Crippen LogP contribution in [0.3, 0.4) is 0 Å². The third-order valence-corrected chi connectivity index (χ3v) is 6.97. The molecule has 0 saturated carbocycles. The maximum Gasteiger partial charge on any atom is 0.408 e. The predicted octanol–water partition coefficient (Wildman–Crippen LogP) is 4.89. The Labute approximate surface area is 240 Å². The maximum atomic E-state index is 12.7. The van der Waals surface area contributed by atoms with E-state index in [-0.39, 0.29) is 17.9 Å². The zero-order chi connectivity index (χ0) is 29.6. The molecule has 214 valence electrons. The maximum absolute atomic E-state index is 12.7. The summed E-state index contributed by atoms with van der Waals surface area (Å²) in [6.45, 7) is 5.65. The van der Waals surface area contributed by atoms with E-state index in [1.807, 2.05) is 48.5 Å². The number of hydrogen-bond acceptors (Lipinski definition) is 8. The number of carbonyl (C=O) groups excluding carboxylic acids is 1. The minimum absolute atomic E-state index is 0.0696. The molecule has 41 heavy (non-hydrogen) atoms. The van der Waals surface area contributed by atoms with E-state index in [0.29, 0.717) is 29.1 Å². The summed E-state index contributed by atoms with van der Waals surface area (Å²) < 4.78 is 13.4. The van der Waals surface area contributed by atoms with Crippen LogP contribution in [-0.2, 0) is 22.5 Å². The summed E-state index contributed by atoms with van der Waals surface area (Å²) in [6, 6.07) is 20.5. The van der Waals surface area contributed by atoms with Crippen LogP contribution < -0.4 is 14.9 Å². The van der Waals surface area contributed by atoms with Crippen LogP contribution in [0.5, 0.6) is 5.75 Å². The summed E-state index contributed by atoms with van der Waals surface area (Å²) in [7, 11) is 0. The number of carboxylic acids is 1. The Hall–Kier alpha value is -4.64. The second-order valence-electron chi connectivity index (χ2n) is 10.3. The standard InChI is InChI=1S/C30H31N3O7S/c1-30(2,3)40-28(36)31-23(27(34)35)17-19-9-12-22(13-10-19)39-16-15-33-24-14-11-21(18-25(24)41-29(33)37)26(32-38)20-7-5-4-6-8-20/h4-14,18,23,38H,15-17H2,1-3H3,(H,31,36)(H,34,35)/b32-26+. The van der Waals surface area contributed by atoms with Crippen molar-refractivity contribution in [2.75, 3.05) is 6.61 Å². The number of oxime groups is 1. The number of aromatic nitrogens is 1. The number of amides is 1. The number of alkyl carbamates (subject to hydrolysis) is 1. The van der Waals surface area contributed by atoms with Gasteiger partial charge in [0.1, 0.15) is 29.7 Å². The largest absolute Gasteiger partial charge is 0.492 e. The lowest BCUT2D eigenvalue weighted by Crippen LogP contribution is -2.44. The van der Waals surface area contributed by atoms with Crippen molar-refractivity contribution in [3.63, 3.8) is 0 Å². The topological polar surface area (TPSA) is 139 Å². The van der Waals surface area contributed by atoms with Gasteiger partial charge in [0.2, 0.25) is 0 Å². The van der Waals surface area contributed by atoms with Crippen molar-refractivity contribution in [2.45, 2.75) is 45.4 Å². The molecule has 1 heterocycles. The van der Waals surface area contributed by atoms with Crippen molar-refractivity contribution in [2.24, 2.45) is 5.16 Å². The van der Waals surface area contributed by atoms with Gasteiger partial charge in [-0.15, -0.1) is 0 Å². The normalized spacial score (nSPS) is 12.6. The molecule has 1 unspecified atom stereocenters. The van der Waals surface area contributed by atoms with E-state index in [9.17, 15) is 24.7 Å². The first-order valence-electron chi connectivity index (χ1n) is 12.9. The van der Waals surface area contributed by atoms with E-state index >= 15 is 0 Å². The number of rotatable bonds is 10. The first kappa shape index (κ1) is 29.3. The summed E-state index contributed by atoms with van der Waals surface area (Å²) in [5.74, 6) is -0.612. The molecule has 0 bridgehead atoms. The average Bonchev–Trinajstić information content (AvgIpc) is 3.23. The molecule has 10 nitrogen and oxygen atoms in total. The molecule has 0 spiro atoms. The quantitative estimate of drug-likeness (QED) is 0.139. The number of ether oxygens (including phenoxy) is 2. The zero-order valence-corrected chi connectivity index (χ0v) is 23.7. The van der Waals surface area contributed by atoms with Crippen LogP contribution in [0.2, 0.25) is 0 Å². The summed E-state index contributed by atoms with van der Waals surface area (Å²) in [4.78, 5) is 36.2. The number of aliphatic carboxylic acids is 1. The molecular weight excluding hydrogens is 546 g/mol. The average molecular weight is 578 g/mol. The van der Waals surface area contributed by atoms with Gasteiger partial charge >= 0.3 is 16.9 Å². The second-order valence-corrected chi connectivity index (χ2v) is 11.2. The van der Waals surface area contributed by atoms with Gasteiger partial charge in [0.25, 0.3) is 0 Å². The SMILES string of the molecule is CC(C)(C)OC(=O)NC(Cc1ccc(OCCn2c(=O)sc3cc(/C(=N/O)c4ccccc4)ccc32)cc1)C(=O)O. The van der Waals surface area contributed by atoms with Gasteiger partial charge in [-0.3, -0.25) is 9.36 Å². The number of carboxylic acid groups (broad SMARTS) is 1. The van der Waals surface area contributed by atoms with E-state index in [1.54, 1.807) is 49.6 Å². The highest BCUT2D eigenvalue weighted by Gasteiger charge is 2.24. The van der Waals surface area contributed by atoms with E-state index < -0.39 is 23.7 Å². The van der Waals surface area contributed by atoms with Gasteiger partial charge in [-0.1, -0.05) is 65.0 Å². The molecule has 3 aromatic carbocycles. The van der Waals surface area contributed by atoms with Crippen molar-refractivity contribution in [3.8, 4) is 5.75 Å². The number of thiazole rings is 1. The Bertz CT molecular complexity index is 1600. The van der Waals surface area contributed by atoms with E-state index in [2.05, 4.69) is 10.5 Å². The molecule has 0 aliphatic heterocycles. The van der Waals surface area contributed by atoms with Gasteiger partial charge in [-0.2, -0.15) is 0 Å². The van der Waals surface area contributed by atoms with Gasteiger partial charge in [0.05, 0.1) is 16.8 Å². The minimum atomic E-state index is -1.17. The molecule has 4 rings (SSSR count). The number of nitrogens with zero attached hydrogens (tertiary/aromatic N) is 2. The number of fused-ring (bicyclic) bond motifs is 1. The lowest BCUT2D eigenvalue weighted by molar-refractivity contribution is -0.139. The number of carbonyl (C=O) groups is 2. The smallest absolute Gasteiger partial charge is 0.408 e. The van der Waals surface area contributed by atoms with E-state index in [4.69, 9.17) is 9.47 Å². The Morgan fingerprint density at radius 3 is 2.37 bits per heavy atom. The summed E-state index contributed by atoms with van der Waals surface area (Å²) in [5, 5.41) is 25.0. The Morgan fingerprint density at radius 2 is 1.73 bits per heavy atom. The Morgan fingerprint density at radius 1 is 1.02 bits per heavy atom. The van der Waals surface area contributed by atoms with Crippen LogP contribution >= 0.6 is 11.3 Å². The Balaban J connectivity index is 1.37. The van der Waals surface area contributed by atoms with Crippen LogP contribution in [0, 0.1) is 0 Å². The van der Waals surface area contributed by atoms with Gasteiger partial charge in [0.15, 0.2) is 0 Å². The first-order valence-corrected chi connectivity index (χ1v) is 13.7. The third-order valence-electron chi connectivity index (χ3n) is 6.02. The highest BCUT2D eigenvalue weighted by atomic mass is 32.1. The van der Waals surface area contributed by atoms with E-state index in [1.165, 1.54) is 0 Å². The lowest BCUT2D eigenvalue weighted by atomic mass is 10.0. The van der Waals surface area contributed by atoms with Gasteiger partial charge in [0, 0.05) is 17.5 Å². The van der Waals surface area contributed by atoms with Crippen LogP contribution in [0.4, 0.5) is 4.79 Å². The molecule has 1 atom stereocenters. The number of nitrogens with one attached hydrogen (secondary N) is 1. The number of benzene rings is 3. The molecule has 1 aromatic heterocycles. The minimum Gasteiger partial charge on any atom is -0.492 e. The fraction of sp³-hybridized carbons (Fsp3) is 0.267. The van der Waals surface area contributed by atoms with Gasteiger partial charge in [-0.25, -0.2) is 9.59 Å². The fourth-order valence-corrected chi connectivity index (χ4v) is 5.12. The van der Waals surface area contributed by atoms with Crippen LogP contribution in [-0.4, -0.2) is 50.9 Å². The molecule has 0 aliphatic carbocycles. The highest BCUT2D eigenvalue weighted by Crippen LogP contribution is 2.22. The zero-order valence-electron chi connectivity index (χ0n) is 22.9. The molecule has 0 fully saturated rings. The third kappa shape index (κ3) is 7.73. The molecule has 0 aliphatic rings. The van der Waals surface area contributed by atoms with Crippen LogP contribution in [0.15, 0.2) is 82.7 Å². The fourth-order valence-electron chi connectivity index (χ4n) is 4.17. The summed E-state index contributed by atoms with van der Waals surface area (Å²) in [5.41, 5.74) is 2.58. The van der Waals surface area contributed by atoms with Crippen molar-refractivity contribution in [1.29, 1.82) is 0 Å². The lowest BCUT2D eigenvalue weighted by Gasteiger charge is -2.22. The van der Waals surface area contributed by atoms with E-state index in [0.717, 1.165) is 27.1 Å². The molecule has 11 heteroatoms. The van der Waals surface area contributed by atoms with Crippen molar-refractivity contribution in [3.05, 3.63) is 99.2 Å². The van der Waals surface area contributed by atoms with Crippen LogP contribution in [0.25, 0.3) is 10.2 Å². The highest BCUT2D eigenvalue weighted by molar-refractivity contribution is 7.16. The predicted molar refractivity (Wildman–Crippen MR) is 156 cm³/mol. The molecule has 1 amide bonds. The van der Waals surface area contributed by atoms with Crippen molar-refractivity contribution < 1.29 is 29.4 Å². The molecule has 3 N–H and O–H groups in total. The summed E-state index contributed by atoms with van der Waals surface area (Å²) >= 11 is 1.11. The second kappa shape index (κ2) is 12.7. The molecule has 0 saturated heterocycles. The molecule has 0 radical (unpaired) electrons. The van der Waals surface area contributed by atoms with Gasteiger partial charge in [-0.05, 0) is 50.6 Å².